The molecule has 0 radical (unpaired) electrons. The van der Waals surface area contributed by atoms with E-state index in [4.69, 9.17) is 27.0 Å². The van der Waals surface area contributed by atoms with Crippen LogP contribution in [0.5, 0.6) is 0 Å². The molecule has 10 N–H and O–H groups in total. The van der Waals surface area contributed by atoms with Gasteiger partial charge >= 0.3 is 17.9 Å². The summed E-state index contributed by atoms with van der Waals surface area (Å²) in [6.45, 7) is 5.72. The summed E-state index contributed by atoms with van der Waals surface area (Å²) >= 11 is 0. The SMILES string of the molecule is C=C1C[C@]23C[C@@]1(O)CC[C@H]2[C@@]12C=C[C@H](O)[C@@](C)(C(=O)O1)[C@H]2[C@@H]3C(=O)O.NC(N)=NOCCC(N)C(=O)O. The summed E-state index contributed by atoms with van der Waals surface area (Å²) in [5.41, 5.74) is 11.7. The number of aliphatic hydroxyl groups is 2. The van der Waals surface area contributed by atoms with E-state index in [0.29, 0.717) is 31.3 Å². The number of esters is 1. The lowest BCUT2D eigenvalue weighted by Crippen LogP contribution is -2.50. The van der Waals surface area contributed by atoms with Gasteiger partial charge in [0.15, 0.2) is 0 Å². The van der Waals surface area contributed by atoms with E-state index in [0.717, 1.165) is 0 Å². The van der Waals surface area contributed by atoms with E-state index in [2.05, 4.69) is 16.6 Å². The molecule has 1 aliphatic heterocycles. The summed E-state index contributed by atoms with van der Waals surface area (Å²) in [7, 11) is 0. The Hall–Kier alpha value is -3.16. The molecule has 4 aliphatic carbocycles. The van der Waals surface area contributed by atoms with Gasteiger partial charge < -0.3 is 47.2 Å². The average Bonchev–Trinajstić information content (AvgIpc) is 3.23. The summed E-state index contributed by atoms with van der Waals surface area (Å²) < 4.78 is 5.87. The number of rotatable bonds is 6. The van der Waals surface area contributed by atoms with Crippen LogP contribution in [0, 0.1) is 28.6 Å². The lowest BCUT2D eigenvalue weighted by atomic mass is 9.61. The molecule has 3 saturated carbocycles. The van der Waals surface area contributed by atoms with Crippen molar-refractivity contribution >= 4 is 23.9 Å². The minimum atomic E-state index is -1.27. The zero-order chi connectivity index (χ0) is 27.6. The Morgan fingerprint density at radius 2 is 2.03 bits per heavy atom. The second kappa shape index (κ2) is 8.71. The first-order valence-electron chi connectivity index (χ1n) is 12.1. The third kappa shape index (κ3) is 3.70. The molecular formula is C24H34N4O9. The Balaban J connectivity index is 0.000000229. The number of fused-ring (bicyclic) bond motifs is 1. The van der Waals surface area contributed by atoms with Crippen molar-refractivity contribution in [2.24, 2.45) is 50.9 Å². The van der Waals surface area contributed by atoms with Crippen LogP contribution in [0.15, 0.2) is 29.5 Å². The van der Waals surface area contributed by atoms with E-state index >= 15 is 0 Å². The molecule has 5 aliphatic rings. The van der Waals surface area contributed by atoms with Crippen LogP contribution in [0.1, 0.15) is 39.0 Å². The molecule has 204 valence electrons. The molecule has 37 heavy (non-hydrogen) atoms. The third-order valence-corrected chi connectivity index (χ3v) is 9.13. The van der Waals surface area contributed by atoms with Gasteiger partial charge in [0.05, 0.1) is 17.6 Å². The van der Waals surface area contributed by atoms with Gasteiger partial charge in [0, 0.05) is 18.3 Å². The third-order valence-electron chi connectivity index (χ3n) is 9.13. The first-order chi connectivity index (χ1) is 17.2. The fraction of sp³-hybridized carbons (Fsp3) is 0.667. The Bertz CT molecular complexity index is 1090. The Morgan fingerprint density at radius 3 is 2.62 bits per heavy atom. The number of aliphatic hydroxyl groups excluding tert-OH is 1. The number of aliphatic carboxylic acids is 2. The van der Waals surface area contributed by atoms with Crippen molar-refractivity contribution in [3.8, 4) is 0 Å². The number of nitrogens with two attached hydrogens (primary N) is 3. The number of guanidine groups is 1. The van der Waals surface area contributed by atoms with Crippen LogP contribution >= 0.6 is 0 Å². The standard InChI is InChI=1S/C19H22O6.C5H12N4O3/c1-9-7-17-8-18(9,24)5-3-10(17)19-6-4-11(20)16(2,15(23)25-19)13(19)12(17)14(21)22;6-3(4(10)11)1-2-12-9-5(7)8/h4,6,10-13,20,24H,1,3,5,7-8H2,2H3,(H,21,22);3H,1-2,6H2,(H,10,11)(H4,7,8,9)/t10-,11+,12-,13-,16-,17+,18+,19-;/m1./s1. The predicted molar refractivity (Wildman–Crippen MR) is 127 cm³/mol. The number of oxime groups is 1. The highest BCUT2D eigenvalue weighted by atomic mass is 16.6. The van der Waals surface area contributed by atoms with Crippen LogP contribution < -0.4 is 17.2 Å². The van der Waals surface area contributed by atoms with Crippen LogP contribution in [0.4, 0.5) is 0 Å². The maximum Gasteiger partial charge on any atom is 0.320 e. The summed E-state index contributed by atoms with van der Waals surface area (Å²) in [5.74, 6) is -4.47. The summed E-state index contributed by atoms with van der Waals surface area (Å²) in [6.07, 6.45) is 4.27. The normalized spacial score (nSPS) is 43.0. The highest BCUT2D eigenvalue weighted by Gasteiger charge is 2.83. The molecule has 0 aromatic carbocycles. The van der Waals surface area contributed by atoms with Gasteiger partial charge in [-0.2, -0.15) is 0 Å². The van der Waals surface area contributed by atoms with Crippen molar-refractivity contribution in [2.45, 2.75) is 62.4 Å². The van der Waals surface area contributed by atoms with Crippen LogP contribution in [-0.4, -0.2) is 74.2 Å². The maximum atomic E-state index is 12.7. The molecule has 4 fully saturated rings. The quantitative estimate of drug-likeness (QED) is 0.0556. The van der Waals surface area contributed by atoms with Gasteiger partial charge in [-0.15, -0.1) is 0 Å². The number of carbonyl (C=O) groups is 3. The molecule has 1 spiro atoms. The fourth-order valence-corrected chi connectivity index (χ4v) is 7.56. The number of carboxylic acid groups (broad SMARTS) is 2. The molecule has 0 amide bonds. The molecule has 5 rings (SSSR count). The lowest BCUT2D eigenvalue weighted by molar-refractivity contribution is -0.163. The van der Waals surface area contributed by atoms with Gasteiger partial charge in [0.25, 0.3) is 0 Å². The molecular weight excluding hydrogens is 488 g/mol. The Labute approximate surface area is 212 Å². The summed E-state index contributed by atoms with van der Waals surface area (Å²) in [6, 6.07) is -0.945. The second-order valence-corrected chi connectivity index (χ2v) is 11.0. The Morgan fingerprint density at radius 1 is 1.35 bits per heavy atom. The zero-order valence-corrected chi connectivity index (χ0v) is 20.5. The molecule has 9 atom stereocenters. The molecule has 0 aromatic heterocycles. The molecule has 13 nitrogen and oxygen atoms in total. The van der Waals surface area contributed by atoms with E-state index in [9.17, 15) is 29.7 Å². The van der Waals surface area contributed by atoms with Gasteiger partial charge in [-0.05, 0) is 54.8 Å². The number of carbonyl (C=O) groups excluding carboxylic acids is 1. The van der Waals surface area contributed by atoms with Gasteiger partial charge in [-0.3, -0.25) is 14.4 Å². The van der Waals surface area contributed by atoms with Crippen molar-refractivity contribution in [1.82, 2.24) is 0 Å². The molecule has 1 unspecified atom stereocenters. The van der Waals surface area contributed by atoms with E-state index in [1.807, 2.05) is 0 Å². The van der Waals surface area contributed by atoms with Gasteiger partial charge in [0.1, 0.15) is 23.7 Å². The van der Waals surface area contributed by atoms with Crippen molar-refractivity contribution in [3.63, 3.8) is 0 Å². The topological polar surface area (TPSA) is 241 Å². The molecule has 13 heteroatoms. The van der Waals surface area contributed by atoms with Crippen molar-refractivity contribution in [3.05, 3.63) is 24.3 Å². The van der Waals surface area contributed by atoms with Crippen LogP contribution in [-0.2, 0) is 24.0 Å². The maximum absolute atomic E-state index is 12.7. The van der Waals surface area contributed by atoms with E-state index in [-0.39, 0.29) is 24.9 Å². The van der Waals surface area contributed by atoms with E-state index in [1.165, 1.54) is 0 Å². The van der Waals surface area contributed by atoms with E-state index < -0.39 is 63.9 Å². The smallest absolute Gasteiger partial charge is 0.320 e. The van der Waals surface area contributed by atoms with E-state index in [1.54, 1.807) is 19.1 Å². The zero-order valence-electron chi connectivity index (χ0n) is 20.5. The van der Waals surface area contributed by atoms with Crippen molar-refractivity contribution in [1.29, 1.82) is 0 Å². The number of hydrogen-bond donors (Lipinski definition) is 7. The lowest BCUT2D eigenvalue weighted by Gasteiger charge is -2.44. The molecule has 4 bridgehead atoms. The largest absolute Gasteiger partial charge is 0.481 e. The van der Waals surface area contributed by atoms with Gasteiger partial charge in [-0.1, -0.05) is 12.7 Å². The molecule has 0 aromatic rings. The van der Waals surface area contributed by atoms with Crippen LogP contribution in [0.2, 0.25) is 0 Å². The minimum absolute atomic E-state index is 0.0748. The highest BCUT2D eigenvalue weighted by molar-refractivity contribution is 5.86. The monoisotopic (exact) mass is 522 g/mol. The van der Waals surface area contributed by atoms with Gasteiger partial charge in [0.2, 0.25) is 5.96 Å². The number of nitrogens with zero attached hydrogens (tertiary/aromatic N) is 1. The predicted octanol–water partition coefficient (Wildman–Crippen LogP) is -0.979. The van der Waals surface area contributed by atoms with Crippen molar-refractivity contribution in [2.75, 3.05) is 6.61 Å². The fourth-order valence-electron chi connectivity index (χ4n) is 7.56. The molecule has 1 heterocycles. The second-order valence-electron chi connectivity index (χ2n) is 11.0. The number of carboxylic acids is 2. The first-order valence-corrected chi connectivity index (χ1v) is 12.1. The average molecular weight is 523 g/mol. The van der Waals surface area contributed by atoms with Crippen molar-refractivity contribution < 1.29 is 44.4 Å². The molecule has 1 saturated heterocycles. The first kappa shape index (κ1) is 26.9. The minimum Gasteiger partial charge on any atom is -0.481 e. The van der Waals surface area contributed by atoms with Crippen LogP contribution in [0.25, 0.3) is 0 Å². The van der Waals surface area contributed by atoms with Gasteiger partial charge in [-0.25, -0.2) is 0 Å². The summed E-state index contributed by atoms with van der Waals surface area (Å²) in [4.78, 5) is 39.8. The number of hydrogen-bond acceptors (Lipinski definition) is 9. The van der Waals surface area contributed by atoms with Crippen LogP contribution in [0.3, 0.4) is 0 Å². The number of ether oxygens (including phenoxy) is 1. The highest BCUT2D eigenvalue weighted by Crippen LogP contribution is 2.77. The Kier molecular flexibility index (Phi) is 6.33. The summed E-state index contributed by atoms with van der Waals surface area (Å²) in [5, 5.41) is 43.1.